The number of ether oxygens (including phenoxy) is 2. The average molecular weight is 404 g/mol. The molecule has 0 bridgehead atoms. The molecule has 4 rings (SSSR count). The summed E-state index contributed by atoms with van der Waals surface area (Å²) in [5, 5.41) is 2.68. The van der Waals surface area contributed by atoms with Crippen molar-refractivity contribution in [3.63, 3.8) is 0 Å². The van der Waals surface area contributed by atoms with Gasteiger partial charge in [-0.05, 0) is 48.1 Å². The Morgan fingerprint density at radius 1 is 1.18 bits per heavy atom. The lowest BCUT2D eigenvalue weighted by Crippen LogP contribution is -2.25. The number of amides is 1. The molecule has 0 radical (unpaired) electrons. The zero-order valence-electron chi connectivity index (χ0n) is 14.8. The van der Waals surface area contributed by atoms with Gasteiger partial charge in [0.05, 0.1) is 18.1 Å². The first-order valence-electron chi connectivity index (χ1n) is 8.34. The van der Waals surface area contributed by atoms with Crippen LogP contribution in [0.5, 0.6) is 11.5 Å². The highest BCUT2D eigenvalue weighted by Crippen LogP contribution is 2.44. The van der Waals surface area contributed by atoms with E-state index in [4.69, 9.17) is 0 Å². The van der Waals surface area contributed by atoms with Crippen molar-refractivity contribution in [2.75, 3.05) is 5.32 Å². The Kier molecular flexibility index (Phi) is 4.42. The number of hydrogen-bond acceptors (Lipinski definition) is 7. The first-order valence-corrected chi connectivity index (χ1v) is 9.11. The Balaban J connectivity index is 1.55. The van der Waals surface area contributed by atoms with E-state index in [2.05, 4.69) is 29.1 Å². The van der Waals surface area contributed by atoms with E-state index in [1.165, 1.54) is 24.5 Å². The van der Waals surface area contributed by atoms with Crippen molar-refractivity contribution in [3.05, 3.63) is 46.7 Å². The maximum absolute atomic E-state index is 13.2. The van der Waals surface area contributed by atoms with Crippen molar-refractivity contribution in [1.82, 2.24) is 14.3 Å². The van der Waals surface area contributed by atoms with Crippen LogP contribution in [0.1, 0.15) is 27.7 Å². The fourth-order valence-electron chi connectivity index (χ4n) is 2.78. The van der Waals surface area contributed by atoms with Crippen LogP contribution >= 0.6 is 11.5 Å². The number of aromatic nitrogens is 3. The van der Waals surface area contributed by atoms with Gasteiger partial charge in [-0.15, -0.1) is 8.78 Å². The minimum Gasteiger partial charge on any atom is -0.395 e. The number of aryl methyl sites for hydroxylation is 2. The fourth-order valence-corrected chi connectivity index (χ4v) is 3.51. The molecule has 0 aliphatic carbocycles. The van der Waals surface area contributed by atoms with E-state index < -0.39 is 6.29 Å². The lowest BCUT2D eigenvalue weighted by molar-refractivity contribution is -0.286. The molecular formula is C18H14F2N4O3S. The lowest BCUT2D eigenvalue weighted by atomic mass is 10.1. The number of hydrogen-bond donors (Lipinski definition) is 1. The molecule has 144 valence electrons. The number of nitrogens with one attached hydrogen (secondary N) is 1. The van der Waals surface area contributed by atoms with Gasteiger partial charge < -0.3 is 14.8 Å². The summed E-state index contributed by atoms with van der Waals surface area (Å²) in [7, 11) is 0. The third-order valence-corrected chi connectivity index (χ3v) is 4.99. The van der Waals surface area contributed by atoms with Crippen LogP contribution in [-0.2, 0) is 6.42 Å². The minimum atomic E-state index is -3.68. The maximum atomic E-state index is 13.2. The Morgan fingerprint density at radius 3 is 2.61 bits per heavy atom. The highest BCUT2D eigenvalue weighted by atomic mass is 32.1. The number of rotatable bonds is 4. The second-order valence-electron chi connectivity index (χ2n) is 6.06. The Labute approximate surface area is 162 Å². The monoisotopic (exact) mass is 404 g/mol. The smallest absolute Gasteiger partial charge is 0.395 e. The molecule has 7 nitrogen and oxygen atoms in total. The first kappa shape index (κ1) is 18.2. The summed E-state index contributed by atoms with van der Waals surface area (Å²) in [5.74, 6) is -0.126. The number of halogens is 2. The molecule has 3 heterocycles. The molecule has 0 saturated heterocycles. The molecule has 0 unspecified atom stereocenters. The van der Waals surface area contributed by atoms with E-state index in [-0.39, 0.29) is 23.2 Å². The topological polar surface area (TPSA) is 86.2 Å². The van der Waals surface area contributed by atoms with Crippen molar-refractivity contribution in [1.29, 1.82) is 0 Å². The van der Waals surface area contributed by atoms with E-state index in [9.17, 15) is 13.6 Å². The Hall–Kier alpha value is -3.14. The van der Waals surface area contributed by atoms with Gasteiger partial charge in [-0.25, -0.2) is 9.36 Å². The second-order valence-corrected chi connectivity index (χ2v) is 6.86. The number of fused-ring (bicyclic) bond motifs is 1. The van der Waals surface area contributed by atoms with E-state index in [1.54, 1.807) is 13.1 Å². The van der Waals surface area contributed by atoms with Crippen LogP contribution in [0.4, 0.5) is 14.6 Å². The van der Waals surface area contributed by atoms with Gasteiger partial charge in [0.15, 0.2) is 17.3 Å². The Morgan fingerprint density at radius 2 is 1.93 bits per heavy atom. The van der Waals surface area contributed by atoms with Gasteiger partial charge in [0.25, 0.3) is 5.91 Å². The van der Waals surface area contributed by atoms with Crippen molar-refractivity contribution < 1.29 is 23.0 Å². The summed E-state index contributed by atoms with van der Waals surface area (Å²) in [6.45, 7) is 3.68. The van der Waals surface area contributed by atoms with Gasteiger partial charge in [-0.1, -0.05) is 6.92 Å². The van der Waals surface area contributed by atoms with Crippen molar-refractivity contribution in [2.24, 2.45) is 0 Å². The molecule has 0 saturated carbocycles. The summed E-state index contributed by atoms with van der Waals surface area (Å²) < 4.78 is 39.4. The summed E-state index contributed by atoms with van der Waals surface area (Å²) in [5.41, 5.74) is 2.55. The van der Waals surface area contributed by atoms with Crippen molar-refractivity contribution in [2.45, 2.75) is 26.6 Å². The summed E-state index contributed by atoms with van der Waals surface area (Å²) >= 11 is 1.12. The maximum Gasteiger partial charge on any atom is 0.586 e. The molecule has 0 spiro atoms. The number of nitrogens with zero attached hydrogens (tertiary/aromatic N) is 3. The van der Waals surface area contributed by atoms with Gasteiger partial charge in [0.1, 0.15) is 4.88 Å². The molecule has 1 aromatic carbocycles. The normalized spacial score (nSPS) is 14.1. The summed E-state index contributed by atoms with van der Waals surface area (Å²) in [4.78, 5) is 21.3. The van der Waals surface area contributed by atoms with E-state index in [1.807, 2.05) is 6.92 Å². The van der Waals surface area contributed by atoms with Crippen LogP contribution in [0.3, 0.4) is 0 Å². The molecular weight excluding hydrogens is 390 g/mol. The quantitative estimate of drug-likeness (QED) is 0.706. The number of alkyl halides is 2. The summed E-state index contributed by atoms with van der Waals surface area (Å²) in [6.07, 6.45) is 1.54. The van der Waals surface area contributed by atoms with E-state index >= 15 is 0 Å². The van der Waals surface area contributed by atoms with Gasteiger partial charge in [-0.3, -0.25) is 9.78 Å². The molecule has 10 heteroatoms. The largest absolute Gasteiger partial charge is 0.586 e. The third-order valence-electron chi connectivity index (χ3n) is 4.15. The molecule has 1 amide bonds. The zero-order valence-corrected chi connectivity index (χ0v) is 15.6. The zero-order chi connectivity index (χ0) is 19.9. The van der Waals surface area contributed by atoms with Crippen LogP contribution < -0.4 is 14.8 Å². The second kappa shape index (κ2) is 6.79. The number of benzene rings is 1. The minimum absolute atomic E-state index is 0.0284. The number of anilines is 1. The molecule has 0 fully saturated rings. The third kappa shape index (κ3) is 3.38. The molecule has 2 aromatic heterocycles. The molecule has 0 atom stereocenters. The van der Waals surface area contributed by atoms with Gasteiger partial charge >= 0.3 is 6.29 Å². The standard InChI is InChI=1S/C18H14F2N4O3S/c1-3-10-6-23-28-16(10)17(25)24-15-8-21-12(7-22-15)11-5-14-13(4-9(11)2)26-18(19,20)27-14/h4-8H,3H2,1-2H3,(H,22,24,25). The molecule has 1 aliphatic heterocycles. The predicted octanol–water partition coefficient (Wildman–Crippen LogP) is 4.04. The van der Waals surface area contributed by atoms with Crippen LogP contribution in [0.2, 0.25) is 0 Å². The predicted molar refractivity (Wildman–Crippen MR) is 97.9 cm³/mol. The molecule has 3 aromatic rings. The number of carbonyl (C=O) groups is 1. The van der Waals surface area contributed by atoms with E-state index in [0.29, 0.717) is 28.1 Å². The van der Waals surface area contributed by atoms with Crippen LogP contribution in [-0.4, -0.2) is 26.5 Å². The van der Waals surface area contributed by atoms with Gasteiger partial charge in [0, 0.05) is 11.8 Å². The lowest BCUT2D eigenvalue weighted by Gasteiger charge is -2.08. The highest BCUT2D eigenvalue weighted by Gasteiger charge is 2.43. The van der Waals surface area contributed by atoms with Crippen molar-refractivity contribution >= 4 is 23.3 Å². The molecule has 1 N–H and O–H groups in total. The molecule has 28 heavy (non-hydrogen) atoms. The van der Waals surface area contributed by atoms with Crippen molar-refractivity contribution in [3.8, 4) is 22.8 Å². The fraction of sp³-hybridized carbons (Fsp3) is 0.222. The molecule has 1 aliphatic rings. The summed E-state index contributed by atoms with van der Waals surface area (Å²) in [6, 6.07) is 2.89. The number of carbonyl (C=O) groups excluding carboxylic acids is 1. The highest BCUT2D eigenvalue weighted by molar-refractivity contribution is 7.08. The van der Waals surface area contributed by atoms with E-state index in [0.717, 1.165) is 17.1 Å². The Bertz CT molecular complexity index is 1050. The SMILES string of the molecule is CCc1cnsc1C(=O)Nc1cnc(-c2cc3c(cc2C)OC(F)(F)O3)cn1. The van der Waals surface area contributed by atoms with Gasteiger partial charge in [-0.2, -0.15) is 0 Å². The first-order chi connectivity index (χ1) is 13.4. The average Bonchev–Trinajstić information content (AvgIpc) is 3.24. The van der Waals surface area contributed by atoms with Gasteiger partial charge in [0.2, 0.25) is 0 Å². The van der Waals surface area contributed by atoms with Crippen LogP contribution in [0.15, 0.2) is 30.7 Å². The van der Waals surface area contributed by atoms with Crippen LogP contribution in [0.25, 0.3) is 11.3 Å². The van der Waals surface area contributed by atoms with Crippen LogP contribution in [0, 0.1) is 6.92 Å².